The molecule has 0 aromatic carbocycles. The fraction of sp³-hybridized carbons (Fsp3) is 0.688. The Balaban J connectivity index is 4.40. The van der Waals surface area contributed by atoms with Crippen LogP contribution in [-0.2, 0) is 0 Å². The molecule has 0 aromatic heterocycles. The Labute approximate surface area is 108 Å². The normalized spacial score (nSPS) is 17.9. The lowest BCUT2D eigenvalue weighted by Crippen LogP contribution is -2.24. The molecule has 0 aromatic rings. The Morgan fingerprint density at radius 1 is 1.35 bits per heavy atom. The van der Waals surface area contributed by atoms with Crippen LogP contribution < -0.4 is 0 Å². The van der Waals surface area contributed by atoms with Crippen molar-refractivity contribution in [1.29, 1.82) is 0 Å². The summed E-state index contributed by atoms with van der Waals surface area (Å²) in [5.74, 6) is 1.20. The Morgan fingerprint density at radius 2 is 1.94 bits per heavy atom. The summed E-state index contributed by atoms with van der Waals surface area (Å²) in [6.45, 7) is 21.4. The molecular weight excluding hydrogens is 206 g/mol. The molecule has 0 aliphatic rings. The SMILES string of the molecule is C=CC(C)(CCC(C)C(=C)C)[C@@H](C)CCN=C. The van der Waals surface area contributed by atoms with Crippen molar-refractivity contribution >= 4 is 6.72 Å². The van der Waals surface area contributed by atoms with Crippen LogP contribution in [0, 0.1) is 17.3 Å². The molecular formula is C16H29N. The lowest BCUT2D eigenvalue weighted by atomic mass is 9.72. The van der Waals surface area contributed by atoms with E-state index < -0.39 is 0 Å². The molecule has 17 heavy (non-hydrogen) atoms. The predicted molar refractivity (Wildman–Crippen MR) is 79.7 cm³/mol. The van der Waals surface area contributed by atoms with Crippen molar-refractivity contribution in [2.75, 3.05) is 6.54 Å². The highest BCUT2D eigenvalue weighted by Gasteiger charge is 2.27. The standard InChI is InChI=1S/C16H29N/c1-8-16(6,15(5)10-12-17-7)11-9-14(4)13(2)3/h8,14-15H,1-2,7,9-12H2,3-6H3/t14?,15-,16?/m0/s1. The highest BCUT2D eigenvalue weighted by Crippen LogP contribution is 2.37. The van der Waals surface area contributed by atoms with Gasteiger partial charge < -0.3 is 4.99 Å². The average molecular weight is 235 g/mol. The monoisotopic (exact) mass is 235 g/mol. The van der Waals surface area contributed by atoms with Crippen LogP contribution in [0.15, 0.2) is 29.8 Å². The minimum Gasteiger partial charge on any atom is -0.301 e. The largest absolute Gasteiger partial charge is 0.301 e. The zero-order valence-electron chi connectivity index (χ0n) is 12.1. The van der Waals surface area contributed by atoms with E-state index in [-0.39, 0.29) is 5.41 Å². The highest BCUT2D eigenvalue weighted by atomic mass is 14.7. The third-order valence-electron chi connectivity index (χ3n) is 4.27. The van der Waals surface area contributed by atoms with Gasteiger partial charge in [-0.25, -0.2) is 0 Å². The van der Waals surface area contributed by atoms with E-state index in [1.165, 1.54) is 18.4 Å². The fourth-order valence-electron chi connectivity index (χ4n) is 1.94. The van der Waals surface area contributed by atoms with E-state index in [4.69, 9.17) is 0 Å². The number of rotatable bonds is 9. The molecule has 0 fully saturated rings. The zero-order valence-corrected chi connectivity index (χ0v) is 12.1. The van der Waals surface area contributed by atoms with Crippen molar-refractivity contribution < 1.29 is 0 Å². The number of aliphatic imine (C=N–C) groups is 1. The molecule has 0 heterocycles. The summed E-state index contributed by atoms with van der Waals surface area (Å²) in [5.41, 5.74) is 1.48. The smallest absolute Gasteiger partial charge is 0.0384 e. The second-order valence-electron chi connectivity index (χ2n) is 5.63. The Hall–Kier alpha value is -0.850. The second-order valence-corrected chi connectivity index (χ2v) is 5.63. The van der Waals surface area contributed by atoms with Crippen LogP contribution in [0.4, 0.5) is 0 Å². The molecule has 0 aliphatic heterocycles. The first-order chi connectivity index (χ1) is 7.87. The van der Waals surface area contributed by atoms with Gasteiger partial charge in [0, 0.05) is 6.54 Å². The molecule has 0 radical (unpaired) electrons. The van der Waals surface area contributed by atoms with E-state index in [1.807, 2.05) is 0 Å². The second kappa shape index (κ2) is 7.47. The van der Waals surface area contributed by atoms with Crippen LogP contribution in [0.3, 0.4) is 0 Å². The molecule has 0 saturated heterocycles. The molecule has 98 valence electrons. The third-order valence-corrected chi connectivity index (χ3v) is 4.27. The minimum absolute atomic E-state index is 0.203. The molecule has 0 aliphatic carbocycles. The van der Waals surface area contributed by atoms with Crippen LogP contribution in [0.25, 0.3) is 0 Å². The molecule has 3 atom stereocenters. The first-order valence-corrected chi connectivity index (χ1v) is 6.59. The molecule has 0 bridgehead atoms. The lowest BCUT2D eigenvalue weighted by Gasteiger charge is -2.33. The van der Waals surface area contributed by atoms with Gasteiger partial charge in [0.05, 0.1) is 0 Å². The molecule has 0 saturated carbocycles. The van der Waals surface area contributed by atoms with Crippen molar-refractivity contribution in [3.05, 3.63) is 24.8 Å². The van der Waals surface area contributed by atoms with Crippen molar-refractivity contribution in [1.82, 2.24) is 0 Å². The Kier molecular flexibility index (Phi) is 7.10. The van der Waals surface area contributed by atoms with Gasteiger partial charge in [-0.15, -0.1) is 6.58 Å². The summed E-state index contributed by atoms with van der Waals surface area (Å²) in [5, 5.41) is 0. The summed E-state index contributed by atoms with van der Waals surface area (Å²) in [4.78, 5) is 3.95. The van der Waals surface area contributed by atoms with E-state index in [0.717, 1.165) is 13.0 Å². The maximum absolute atomic E-state index is 4.03. The van der Waals surface area contributed by atoms with Crippen molar-refractivity contribution in [2.45, 2.75) is 47.0 Å². The van der Waals surface area contributed by atoms with Gasteiger partial charge in [0.15, 0.2) is 0 Å². The molecule has 0 amide bonds. The lowest BCUT2D eigenvalue weighted by molar-refractivity contribution is 0.231. The Morgan fingerprint density at radius 3 is 2.35 bits per heavy atom. The maximum atomic E-state index is 4.03. The highest BCUT2D eigenvalue weighted by molar-refractivity contribution is 5.23. The molecule has 1 nitrogen and oxygen atoms in total. The van der Waals surface area contributed by atoms with Crippen LogP contribution in [0.2, 0.25) is 0 Å². The van der Waals surface area contributed by atoms with Crippen molar-refractivity contribution in [2.24, 2.45) is 22.2 Å². The summed E-state index contributed by atoms with van der Waals surface area (Å²) < 4.78 is 0. The number of hydrogen-bond acceptors (Lipinski definition) is 1. The van der Waals surface area contributed by atoms with Crippen molar-refractivity contribution in [3.8, 4) is 0 Å². The van der Waals surface area contributed by atoms with E-state index in [9.17, 15) is 0 Å². The summed E-state index contributed by atoms with van der Waals surface area (Å²) in [7, 11) is 0. The van der Waals surface area contributed by atoms with Crippen LogP contribution in [0.1, 0.15) is 47.0 Å². The van der Waals surface area contributed by atoms with E-state index in [2.05, 4.69) is 58.6 Å². The van der Waals surface area contributed by atoms with E-state index in [0.29, 0.717) is 11.8 Å². The van der Waals surface area contributed by atoms with Crippen molar-refractivity contribution in [3.63, 3.8) is 0 Å². The summed E-state index contributed by atoms with van der Waals surface area (Å²) >= 11 is 0. The first kappa shape index (κ1) is 16.1. The van der Waals surface area contributed by atoms with Gasteiger partial charge in [0.1, 0.15) is 0 Å². The first-order valence-electron chi connectivity index (χ1n) is 6.59. The van der Waals surface area contributed by atoms with Gasteiger partial charge in [-0.3, -0.25) is 0 Å². The average Bonchev–Trinajstić information content (AvgIpc) is 2.32. The molecule has 0 N–H and O–H groups in total. The topological polar surface area (TPSA) is 12.4 Å². The van der Waals surface area contributed by atoms with E-state index in [1.54, 1.807) is 0 Å². The third kappa shape index (κ3) is 5.34. The van der Waals surface area contributed by atoms with Gasteiger partial charge in [-0.1, -0.05) is 39.0 Å². The number of hydrogen-bond donors (Lipinski definition) is 0. The van der Waals surface area contributed by atoms with E-state index >= 15 is 0 Å². The molecule has 0 rings (SSSR count). The summed E-state index contributed by atoms with van der Waals surface area (Å²) in [6.07, 6.45) is 5.56. The van der Waals surface area contributed by atoms with Gasteiger partial charge in [0.2, 0.25) is 0 Å². The summed E-state index contributed by atoms with van der Waals surface area (Å²) in [6, 6.07) is 0. The Bertz CT molecular complexity index is 267. The van der Waals surface area contributed by atoms with Gasteiger partial charge in [-0.2, -0.15) is 0 Å². The zero-order chi connectivity index (χ0) is 13.5. The van der Waals surface area contributed by atoms with Gasteiger partial charge in [0.25, 0.3) is 0 Å². The van der Waals surface area contributed by atoms with Crippen LogP contribution >= 0.6 is 0 Å². The number of allylic oxidation sites excluding steroid dienone is 2. The quantitative estimate of drug-likeness (QED) is 0.398. The maximum Gasteiger partial charge on any atom is 0.0384 e. The molecule has 0 spiro atoms. The van der Waals surface area contributed by atoms with Crippen LogP contribution in [-0.4, -0.2) is 13.3 Å². The van der Waals surface area contributed by atoms with Crippen LogP contribution in [0.5, 0.6) is 0 Å². The molecule has 1 heteroatoms. The predicted octanol–water partition coefficient (Wildman–Crippen LogP) is 4.90. The van der Waals surface area contributed by atoms with Gasteiger partial charge in [-0.05, 0) is 50.2 Å². The fourth-order valence-corrected chi connectivity index (χ4v) is 1.94. The minimum atomic E-state index is 0.203. The molecule has 2 unspecified atom stereocenters. The van der Waals surface area contributed by atoms with Gasteiger partial charge >= 0.3 is 0 Å². The number of nitrogens with zero attached hydrogens (tertiary/aromatic N) is 1.